The van der Waals surface area contributed by atoms with Gasteiger partial charge in [-0.15, -0.1) is 0 Å². The van der Waals surface area contributed by atoms with E-state index in [1.54, 1.807) is 7.11 Å². The summed E-state index contributed by atoms with van der Waals surface area (Å²) in [7, 11) is 1.64. The van der Waals surface area contributed by atoms with Gasteiger partial charge in [0.15, 0.2) is 5.82 Å². The number of amides is 1. The molecule has 1 amide bonds. The summed E-state index contributed by atoms with van der Waals surface area (Å²) in [5.41, 5.74) is 3.68. The van der Waals surface area contributed by atoms with E-state index in [0.717, 1.165) is 47.8 Å². The molecule has 10 nitrogen and oxygen atoms in total. The SMILES string of the molecule is CO[C@@H]1C[C@H](C(=O)Nc2ccc(F)nc2)N(c2nc3c(c(Nc4cc(C5CC5)[nH]n4)n2)CCC3)C1. The third-order valence-electron chi connectivity index (χ3n) is 6.93. The minimum atomic E-state index is -0.599. The number of hydrogen-bond acceptors (Lipinski definition) is 8. The molecular weight excluding hydrogens is 451 g/mol. The molecular formula is C24H27FN8O2. The highest BCUT2D eigenvalue weighted by Crippen LogP contribution is 2.40. The number of rotatable bonds is 7. The van der Waals surface area contributed by atoms with E-state index in [2.05, 4.69) is 25.8 Å². The number of hydrogen-bond donors (Lipinski definition) is 3. The van der Waals surface area contributed by atoms with Gasteiger partial charge in [0.1, 0.15) is 11.9 Å². The van der Waals surface area contributed by atoms with Crippen molar-refractivity contribution in [3.05, 3.63) is 47.3 Å². The lowest BCUT2D eigenvalue weighted by molar-refractivity contribution is -0.117. The Morgan fingerprint density at radius 3 is 2.91 bits per heavy atom. The lowest BCUT2D eigenvalue weighted by atomic mass is 10.2. The predicted molar refractivity (Wildman–Crippen MR) is 127 cm³/mol. The smallest absolute Gasteiger partial charge is 0.247 e. The third kappa shape index (κ3) is 4.43. The Bertz CT molecular complexity index is 1240. The monoisotopic (exact) mass is 478 g/mol. The number of methoxy groups -OCH3 is 1. The van der Waals surface area contributed by atoms with Crippen LogP contribution in [0.4, 0.5) is 27.7 Å². The summed E-state index contributed by atoms with van der Waals surface area (Å²) in [4.78, 5) is 28.4. The summed E-state index contributed by atoms with van der Waals surface area (Å²) in [6.07, 6.45) is 6.82. The number of anilines is 4. The van der Waals surface area contributed by atoms with Gasteiger partial charge < -0.3 is 20.3 Å². The van der Waals surface area contributed by atoms with Crippen molar-refractivity contribution in [2.75, 3.05) is 29.2 Å². The molecule has 2 atom stereocenters. The average Bonchev–Trinajstić information content (AvgIpc) is 3.24. The molecule has 11 heteroatoms. The normalized spacial score (nSPS) is 21.3. The molecule has 6 rings (SSSR count). The fourth-order valence-electron chi connectivity index (χ4n) is 4.89. The Morgan fingerprint density at radius 1 is 1.26 bits per heavy atom. The number of carbonyl (C=O) groups is 1. The molecule has 3 N–H and O–H groups in total. The Morgan fingerprint density at radius 2 is 2.14 bits per heavy atom. The van der Waals surface area contributed by atoms with Gasteiger partial charge in [-0.1, -0.05) is 0 Å². The number of pyridine rings is 1. The second-order valence-electron chi connectivity index (χ2n) is 9.38. The summed E-state index contributed by atoms with van der Waals surface area (Å²) in [6.45, 7) is 0.489. The molecule has 0 radical (unpaired) electrons. The highest BCUT2D eigenvalue weighted by Gasteiger charge is 2.39. The van der Waals surface area contributed by atoms with Crippen molar-refractivity contribution in [1.82, 2.24) is 25.1 Å². The quantitative estimate of drug-likeness (QED) is 0.443. The molecule has 2 aliphatic carbocycles. The number of aromatic amines is 1. The zero-order valence-electron chi connectivity index (χ0n) is 19.4. The maximum Gasteiger partial charge on any atom is 0.247 e. The topological polar surface area (TPSA) is 121 Å². The number of aromatic nitrogens is 5. The van der Waals surface area contributed by atoms with Gasteiger partial charge in [-0.05, 0) is 44.2 Å². The first-order chi connectivity index (χ1) is 17.1. The zero-order valence-corrected chi connectivity index (χ0v) is 19.4. The molecule has 182 valence electrons. The van der Waals surface area contributed by atoms with E-state index in [1.807, 2.05) is 11.0 Å². The predicted octanol–water partition coefficient (Wildman–Crippen LogP) is 3.08. The second kappa shape index (κ2) is 8.88. The number of aryl methyl sites for hydroxylation is 1. The summed E-state index contributed by atoms with van der Waals surface area (Å²) >= 11 is 0. The van der Waals surface area contributed by atoms with E-state index >= 15 is 0 Å². The van der Waals surface area contributed by atoms with Crippen LogP contribution in [0.2, 0.25) is 0 Å². The molecule has 35 heavy (non-hydrogen) atoms. The minimum absolute atomic E-state index is 0.141. The van der Waals surface area contributed by atoms with E-state index in [4.69, 9.17) is 14.7 Å². The molecule has 1 aliphatic heterocycles. The molecule has 0 spiro atoms. The molecule has 3 aromatic heterocycles. The largest absolute Gasteiger partial charge is 0.380 e. The van der Waals surface area contributed by atoms with Gasteiger partial charge in [0.2, 0.25) is 17.8 Å². The van der Waals surface area contributed by atoms with E-state index in [-0.39, 0.29) is 12.0 Å². The van der Waals surface area contributed by atoms with Crippen LogP contribution < -0.4 is 15.5 Å². The molecule has 0 aromatic carbocycles. The standard InChI is InChI=1S/C24H27FN8O2/c1-35-15-9-19(23(34)27-14-7-8-20(25)26-11-14)33(12-15)24-28-17-4-2-3-16(17)22(30-24)29-21-10-18(31-32-21)13-5-6-13/h7-8,10-11,13,15,19H,2-6,9,12H2,1H3,(H,27,34)(H2,28,29,30,31,32)/t15-,19-/m1/s1. The first kappa shape index (κ1) is 21.9. The van der Waals surface area contributed by atoms with Crippen LogP contribution in [0.25, 0.3) is 0 Å². The molecule has 1 saturated carbocycles. The van der Waals surface area contributed by atoms with E-state index < -0.39 is 12.0 Å². The Balaban J connectivity index is 1.28. The first-order valence-electron chi connectivity index (χ1n) is 12.0. The van der Waals surface area contributed by atoms with Gasteiger partial charge in [-0.3, -0.25) is 9.89 Å². The minimum Gasteiger partial charge on any atom is -0.380 e. The number of nitrogens with one attached hydrogen (secondary N) is 3. The molecule has 0 bridgehead atoms. The van der Waals surface area contributed by atoms with Crippen molar-refractivity contribution in [2.45, 2.75) is 56.6 Å². The summed E-state index contributed by atoms with van der Waals surface area (Å²) < 4.78 is 18.8. The van der Waals surface area contributed by atoms with Crippen LogP contribution in [-0.2, 0) is 22.4 Å². The van der Waals surface area contributed by atoms with Crippen molar-refractivity contribution in [2.24, 2.45) is 0 Å². The lowest BCUT2D eigenvalue weighted by Gasteiger charge is -2.25. The van der Waals surface area contributed by atoms with Gasteiger partial charge >= 0.3 is 0 Å². The van der Waals surface area contributed by atoms with Gasteiger partial charge in [0, 0.05) is 43.3 Å². The van der Waals surface area contributed by atoms with Crippen molar-refractivity contribution >= 4 is 29.2 Å². The van der Waals surface area contributed by atoms with Crippen LogP contribution in [-0.4, -0.2) is 56.9 Å². The number of carbonyl (C=O) groups excluding carboxylic acids is 1. The third-order valence-corrected chi connectivity index (χ3v) is 6.93. The van der Waals surface area contributed by atoms with Gasteiger partial charge in [-0.2, -0.15) is 14.5 Å². The van der Waals surface area contributed by atoms with Crippen LogP contribution in [0.1, 0.15) is 48.6 Å². The maximum absolute atomic E-state index is 13.2. The van der Waals surface area contributed by atoms with Gasteiger partial charge in [0.25, 0.3) is 0 Å². The summed E-state index contributed by atoms with van der Waals surface area (Å²) in [5, 5.41) is 13.8. The Labute approximate surface area is 201 Å². The van der Waals surface area contributed by atoms with Crippen molar-refractivity contribution in [1.29, 1.82) is 0 Å². The van der Waals surface area contributed by atoms with Crippen LogP contribution in [0.15, 0.2) is 24.4 Å². The number of fused-ring (bicyclic) bond motifs is 1. The van der Waals surface area contributed by atoms with Gasteiger partial charge in [-0.25, -0.2) is 9.97 Å². The average molecular weight is 479 g/mol. The molecule has 3 aromatic rings. The highest BCUT2D eigenvalue weighted by molar-refractivity contribution is 5.97. The molecule has 1 saturated heterocycles. The van der Waals surface area contributed by atoms with Crippen molar-refractivity contribution in [3.8, 4) is 0 Å². The zero-order chi connectivity index (χ0) is 23.9. The number of nitrogens with zero attached hydrogens (tertiary/aromatic N) is 5. The Kier molecular flexibility index (Phi) is 5.56. The van der Waals surface area contributed by atoms with E-state index in [1.165, 1.54) is 31.2 Å². The van der Waals surface area contributed by atoms with Crippen LogP contribution in [0.3, 0.4) is 0 Å². The van der Waals surface area contributed by atoms with Gasteiger partial charge in [0.05, 0.1) is 23.7 Å². The summed E-state index contributed by atoms with van der Waals surface area (Å²) in [6, 6.07) is 4.21. The van der Waals surface area contributed by atoms with Crippen LogP contribution in [0, 0.1) is 5.95 Å². The van der Waals surface area contributed by atoms with Crippen molar-refractivity contribution < 1.29 is 13.9 Å². The number of halogens is 1. The number of H-pyrrole nitrogens is 1. The Hall–Kier alpha value is -3.60. The summed E-state index contributed by atoms with van der Waals surface area (Å²) in [5.74, 6) is 1.70. The molecule has 3 aliphatic rings. The van der Waals surface area contributed by atoms with Crippen LogP contribution >= 0.6 is 0 Å². The lowest BCUT2D eigenvalue weighted by Crippen LogP contribution is -2.41. The molecule has 0 unspecified atom stereocenters. The fraction of sp³-hybridized carbons (Fsp3) is 0.458. The number of ether oxygens (including phenoxy) is 1. The second-order valence-corrected chi connectivity index (χ2v) is 9.38. The van der Waals surface area contributed by atoms with E-state index in [9.17, 15) is 9.18 Å². The molecule has 4 heterocycles. The fourth-order valence-corrected chi connectivity index (χ4v) is 4.89. The van der Waals surface area contributed by atoms with Crippen molar-refractivity contribution in [3.63, 3.8) is 0 Å². The highest BCUT2D eigenvalue weighted by atomic mass is 19.1. The maximum atomic E-state index is 13.2. The van der Waals surface area contributed by atoms with Crippen LogP contribution in [0.5, 0.6) is 0 Å². The first-order valence-corrected chi connectivity index (χ1v) is 12.0. The van der Waals surface area contributed by atoms with E-state index in [0.29, 0.717) is 30.5 Å². The molecule has 2 fully saturated rings.